The summed E-state index contributed by atoms with van der Waals surface area (Å²) in [7, 11) is 0. The van der Waals surface area contributed by atoms with Crippen LogP contribution in [0, 0.1) is 5.41 Å². The second-order valence-corrected chi connectivity index (χ2v) is 2.91. The van der Waals surface area contributed by atoms with Gasteiger partial charge < -0.3 is 10.2 Å². The fourth-order valence-corrected chi connectivity index (χ4v) is 1.07. The molecule has 0 unspecified atom stereocenters. The van der Waals surface area contributed by atoms with Crippen molar-refractivity contribution in [1.82, 2.24) is 0 Å². The zero-order valence-corrected chi connectivity index (χ0v) is 7.47. The van der Waals surface area contributed by atoms with E-state index in [0.717, 1.165) is 0 Å². The molecule has 0 fully saturated rings. The van der Waals surface area contributed by atoms with Crippen LogP contribution in [0.1, 0.15) is 18.1 Å². The maximum Gasteiger partial charge on any atom is 0.349 e. The van der Waals surface area contributed by atoms with Crippen LogP contribution in [-0.4, -0.2) is 21.9 Å². The molecule has 0 aliphatic rings. The van der Waals surface area contributed by atoms with Crippen LogP contribution in [0.2, 0.25) is 0 Å². The number of aliphatic hydroxyl groups is 1. The molecule has 1 aromatic carbocycles. The van der Waals surface area contributed by atoms with Gasteiger partial charge in [-0.15, -0.1) is 0 Å². The van der Waals surface area contributed by atoms with Gasteiger partial charge in [0.15, 0.2) is 0 Å². The highest BCUT2D eigenvalue weighted by Gasteiger charge is 2.14. The number of carboxylic acids is 1. The van der Waals surface area contributed by atoms with Crippen LogP contribution in [0.15, 0.2) is 30.3 Å². The lowest BCUT2D eigenvalue weighted by Gasteiger charge is -2.09. The third-order valence-corrected chi connectivity index (χ3v) is 1.84. The third kappa shape index (κ3) is 2.67. The average molecular weight is 193 g/mol. The standard InChI is InChI=1S/C10H11NO3/c11-8(10(13)14)6-9(12)7-4-2-1-3-5-7/h1-5,9,11-12H,6H2,(H,13,14)/t9-/m1/s1. The molecule has 3 N–H and O–H groups in total. The molecule has 0 spiro atoms. The Morgan fingerprint density at radius 2 is 1.93 bits per heavy atom. The van der Waals surface area contributed by atoms with E-state index < -0.39 is 17.8 Å². The topological polar surface area (TPSA) is 81.4 Å². The number of nitrogens with one attached hydrogen (secondary N) is 1. The fourth-order valence-electron chi connectivity index (χ4n) is 1.07. The number of carboxylic acid groups (broad SMARTS) is 1. The molecular weight excluding hydrogens is 182 g/mol. The summed E-state index contributed by atoms with van der Waals surface area (Å²) in [5, 5.41) is 25.0. The Hall–Kier alpha value is -1.68. The van der Waals surface area contributed by atoms with Crippen molar-refractivity contribution in [2.45, 2.75) is 12.5 Å². The van der Waals surface area contributed by atoms with E-state index in [1.165, 1.54) is 0 Å². The van der Waals surface area contributed by atoms with E-state index in [1.807, 2.05) is 0 Å². The zero-order valence-electron chi connectivity index (χ0n) is 7.47. The predicted molar refractivity (Wildman–Crippen MR) is 51.4 cm³/mol. The minimum Gasteiger partial charge on any atom is -0.477 e. The summed E-state index contributed by atoms with van der Waals surface area (Å²) in [6.45, 7) is 0. The van der Waals surface area contributed by atoms with Gasteiger partial charge in [0.2, 0.25) is 0 Å². The lowest BCUT2D eigenvalue weighted by molar-refractivity contribution is -0.129. The van der Waals surface area contributed by atoms with Gasteiger partial charge >= 0.3 is 5.97 Å². The first-order valence-electron chi connectivity index (χ1n) is 4.15. The molecule has 0 amide bonds. The van der Waals surface area contributed by atoms with Crippen LogP contribution in [0.5, 0.6) is 0 Å². The van der Waals surface area contributed by atoms with E-state index in [4.69, 9.17) is 10.5 Å². The molecule has 0 aliphatic carbocycles. The SMILES string of the molecule is N=C(C[C@@H](O)c1ccccc1)C(=O)O. The summed E-state index contributed by atoms with van der Waals surface area (Å²) < 4.78 is 0. The quantitative estimate of drug-likeness (QED) is 0.629. The predicted octanol–water partition coefficient (Wildman–Crippen LogP) is 1.21. The minimum absolute atomic E-state index is 0.167. The molecule has 0 saturated carbocycles. The highest BCUT2D eigenvalue weighted by atomic mass is 16.4. The van der Waals surface area contributed by atoms with Crippen LogP contribution >= 0.6 is 0 Å². The van der Waals surface area contributed by atoms with Crippen LogP contribution in [-0.2, 0) is 4.79 Å². The van der Waals surface area contributed by atoms with Gasteiger partial charge in [-0.05, 0) is 5.56 Å². The molecule has 1 rings (SSSR count). The van der Waals surface area contributed by atoms with Crippen molar-refractivity contribution in [1.29, 1.82) is 5.41 Å². The number of aliphatic hydroxyl groups excluding tert-OH is 1. The van der Waals surface area contributed by atoms with Crippen molar-refractivity contribution in [3.8, 4) is 0 Å². The van der Waals surface area contributed by atoms with Gasteiger partial charge in [0.25, 0.3) is 0 Å². The average Bonchev–Trinajstić information content (AvgIpc) is 2.19. The van der Waals surface area contributed by atoms with Crippen LogP contribution in [0.3, 0.4) is 0 Å². The Morgan fingerprint density at radius 3 is 2.43 bits per heavy atom. The lowest BCUT2D eigenvalue weighted by atomic mass is 10.0. The molecule has 1 atom stereocenters. The van der Waals surface area contributed by atoms with Crippen molar-refractivity contribution < 1.29 is 15.0 Å². The summed E-state index contributed by atoms with van der Waals surface area (Å²) in [6.07, 6.45) is -1.08. The van der Waals surface area contributed by atoms with Crippen LogP contribution in [0.25, 0.3) is 0 Å². The van der Waals surface area contributed by atoms with E-state index in [-0.39, 0.29) is 6.42 Å². The third-order valence-electron chi connectivity index (χ3n) is 1.84. The van der Waals surface area contributed by atoms with Gasteiger partial charge in [-0.3, -0.25) is 5.41 Å². The van der Waals surface area contributed by atoms with E-state index >= 15 is 0 Å². The first-order valence-corrected chi connectivity index (χ1v) is 4.15. The molecule has 0 bridgehead atoms. The van der Waals surface area contributed by atoms with Crippen molar-refractivity contribution in [2.24, 2.45) is 0 Å². The Labute approximate surface area is 81.3 Å². The number of aliphatic carboxylic acids is 1. The maximum absolute atomic E-state index is 10.3. The second-order valence-electron chi connectivity index (χ2n) is 2.91. The normalized spacial score (nSPS) is 12.1. The lowest BCUT2D eigenvalue weighted by Crippen LogP contribution is -2.15. The van der Waals surface area contributed by atoms with Crippen LogP contribution in [0.4, 0.5) is 0 Å². The fraction of sp³-hybridized carbons (Fsp3) is 0.200. The first kappa shape index (κ1) is 10.4. The molecule has 0 saturated heterocycles. The molecule has 0 radical (unpaired) electrons. The molecule has 0 heterocycles. The molecule has 4 heteroatoms. The largest absolute Gasteiger partial charge is 0.477 e. The maximum atomic E-state index is 10.3. The number of benzene rings is 1. The van der Waals surface area contributed by atoms with Gasteiger partial charge in [0.1, 0.15) is 5.71 Å². The molecule has 14 heavy (non-hydrogen) atoms. The van der Waals surface area contributed by atoms with Crippen molar-refractivity contribution >= 4 is 11.7 Å². The monoisotopic (exact) mass is 193 g/mol. The molecular formula is C10H11NO3. The zero-order chi connectivity index (χ0) is 10.6. The number of hydrogen-bond acceptors (Lipinski definition) is 3. The van der Waals surface area contributed by atoms with Crippen molar-refractivity contribution in [3.63, 3.8) is 0 Å². The van der Waals surface area contributed by atoms with E-state index in [0.29, 0.717) is 5.56 Å². The summed E-state index contributed by atoms with van der Waals surface area (Å²) >= 11 is 0. The number of rotatable bonds is 4. The van der Waals surface area contributed by atoms with E-state index in [9.17, 15) is 9.90 Å². The molecule has 0 aliphatic heterocycles. The summed E-state index contributed by atoms with van der Waals surface area (Å²) in [6, 6.07) is 8.70. The number of hydrogen-bond donors (Lipinski definition) is 3. The van der Waals surface area contributed by atoms with Crippen molar-refractivity contribution in [3.05, 3.63) is 35.9 Å². The summed E-state index contributed by atoms with van der Waals surface area (Å²) in [5.41, 5.74) is 0.139. The smallest absolute Gasteiger partial charge is 0.349 e. The Kier molecular flexibility index (Phi) is 3.36. The Morgan fingerprint density at radius 1 is 1.36 bits per heavy atom. The minimum atomic E-state index is -1.29. The van der Waals surface area contributed by atoms with Gasteiger partial charge in [-0.2, -0.15) is 0 Å². The molecule has 74 valence electrons. The summed E-state index contributed by atoms with van der Waals surface area (Å²) in [4.78, 5) is 10.3. The Bertz CT molecular complexity index is 334. The first-order chi connectivity index (χ1) is 6.61. The highest BCUT2D eigenvalue weighted by molar-refractivity contribution is 6.34. The van der Waals surface area contributed by atoms with Gasteiger partial charge in [0.05, 0.1) is 6.10 Å². The molecule has 0 aromatic heterocycles. The van der Waals surface area contributed by atoms with Gasteiger partial charge in [0, 0.05) is 6.42 Å². The van der Waals surface area contributed by atoms with Gasteiger partial charge in [-0.25, -0.2) is 4.79 Å². The van der Waals surface area contributed by atoms with Gasteiger partial charge in [-0.1, -0.05) is 30.3 Å². The number of carbonyl (C=O) groups is 1. The Balaban J connectivity index is 2.64. The highest BCUT2D eigenvalue weighted by Crippen LogP contribution is 2.15. The molecule has 1 aromatic rings. The summed E-state index contributed by atoms with van der Waals surface area (Å²) in [5.74, 6) is -1.29. The van der Waals surface area contributed by atoms with E-state index in [1.54, 1.807) is 30.3 Å². The van der Waals surface area contributed by atoms with Crippen LogP contribution < -0.4 is 0 Å². The van der Waals surface area contributed by atoms with E-state index in [2.05, 4.69) is 0 Å². The van der Waals surface area contributed by atoms with Crippen molar-refractivity contribution in [2.75, 3.05) is 0 Å². The second kappa shape index (κ2) is 4.53. The molecule has 4 nitrogen and oxygen atoms in total.